The van der Waals surface area contributed by atoms with E-state index in [9.17, 15) is 4.79 Å². The minimum absolute atomic E-state index is 0.0412. The van der Waals surface area contributed by atoms with Crippen molar-refractivity contribution in [2.75, 3.05) is 19.8 Å². The van der Waals surface area contributed by atoms with Crippen molar-refractivity contribution in [2.24, 2.45) is 0 Å². The molecule has 138 valence electrons. The lowest BCUT2D eigenvalue weighted by Crippen LogP contribution is -2.31. The van der Waals surface area contributed by atoms with E-state index in [-0.39, 0.29) is 12.6 Å². The van der Waals surface area contributed by atoms with E-state index in [2.05, 4.69) is 19.2 Å². The molecule has 0 aromatic rings. The number of aliphatic hydroxyl groups excluding tert-OH is 1. The number of hydrogen-bond donors (Lipinski definition) is 2. The highest BCUT2D eigenvalue weighted by Crippen LogP contribution is 2.11. The van der Waals surface area contributed by atoms with Gasteiger partial charge in [-0.3, -0.25) is 4.79 Å². The van der Waals surface area contributed by atoms with E-state index in [1.54, 1.807) is 0 Å². The molecule has 0 amide bonds. The van der Waals surface area contributed by atoms with Crippen LogP contribution in [0, 0.1) is 0 Å². The average molecular weight is 330 g/mol. The normalized spacial score (nSPS) is 12.3. The van der Waals surface area contributed by atoms with Gasteiger partial charge in [-0.2, -0.15) is 0 Å². The molecule has 0 spiro atoms. The lowest BCUT2D eigenvalue weighted by atomic mass is 10.0. The molecule has 0 aliphatic carbocycles. The van der Waals surface area contributed by atoms with Gasteiger partial charge in [-0.25, -0.2) is 0 Å². The van der Waals surface area contributed by atoms with Gasteiger partial charge in [0, 0.05) is 19.0 Å². The van der Waals surface area contributed by atoms with Gasteiger partial charge < -0.3 is 15.2 Å². The summed E-state index contributed by atoms with van der Waals surface area (Å²) in [4.78, 5) is 11.5. The van der Waals surface area contributed by atoms with Gasteiger partial charge in [-0.15, -0.1) is 0 Å². The smallest absolute Gasteiger partial charge is 0.305 e. The topological polar surface area (TPSA) is 58.6 Å². The van der Waals surface area contributed by atoms with Crippen LogP contribution in [0.2, 0.25) is 0 Å². The van der Waals surface area contributed by atoms with Gasteiger partial charge in [-0.1, -0.05) is 58.8 Å². The van der Waals surface area contributed by atoms with Crippen LogP contribution in [0.3, 0.4) is 0 Å². The highest BCUT2D eigenvalue weighted by Gasteiger charge is 2.07. The van der Waals surface area contributed by atoms with Crippen LogP contribution in [0.4, 0.5) is 0 Å². The van der Waals surface area contributed by atoms with Crippen molar-refractivity contribution < 1.29 is 14.6 Å². The van der Waals surface area contributed by atoms with Crippen molar-refractivity contribution in [3.63, 3.8) is 0 Å². The van der Waals surface area contributed by atoms with Gasteiger partial charge in [0.05, 0.1) is 13.2 Å². The van der Waals surface area contributed by atoms with Crippen LogP contribution in [0.25, 0.3) is 0 Å². The number of rotatable bonds is 17. The van der Waals surface area contributed by atoms with Crippen molar-refractivity contribution in [3.8, 4) is 0 Å². The third-order valence-corrected chi connectivity index (χ3v) is 4.15. The van der Waals surface area contributed by atoms with Gasteiger partial charge in [0.15, 0.2) is 0 Å². The molecule has 4 nitrogen and oxygen atoms in total. The third-order valence-electron chi connectivity index (χ3n) is 4.15. The molecule has 1 atom stereocenters. The first-order valence-corrected chi connectivity index (χ1v) is 9.74. The summed E-state index contributed by atoms with van der Waals surface area (Å²) in [5, 5.41) is 12.4. The number of carbonyl (C=O) groups excluding carboxylic acids is 1. The van der Waals surface area contributed by atoms with Crippen LogP contribution >= 0.6 is 0 Å². The SMILES string of the molecule is CCCCCC(=O)OCCCCCC(CCCCC)NCCO. The molecule has 0 aromatic heterocycles. The number of ether oxygens (including phenoxy) is 1. The molecule has 2 N–H and O–H groups in total. The van der Waals surface area contributed by atoms with Crippen molar-refractivity contribution in [1.82, 2.24) is 5.32 Å². The number of carbonyl (C=O) groups is 1. The second kappa shape index (κ2) is 17.7. The van der Waals surface area contributed by atoms with E-state index in [4.69, 9.17) is 9.84 Å². The number of hydrogen-bond acceptors (Lipinski definition) is 4. The van der Waals surface area contributed by atoms with Crippen LogP contribution in [-0.4, -0.2) is 36.9 Å². The van der Waals surface area contributed by atoms with E-state index in [1.807, 2.05) is 0 Å². The van der Waals surface area contributed by atoms with Crippen LogP contribution in [0.15, 0.2) is 0 Å². The molecular formula is C19H39NO3. The average Bonchev–Trinajstić information content (AvgIpc) is 2.55. The molecular weight excluding hydrogens is 290 g/mol. The van der Waals surface area contributed by atoms with Crippen LogP contribution in [0.5, 0.6) is 0 Å². The summed E-state index contributed by atoms with van der Waals surface area (Å²) >= 11 is 0. The number of aliphatic hydroxyl groups is 1. The van der Waals surface area contributed by atoms with E-state index in [0.29, 0.717) is 25.6 Å². The fourth-order valence-corrected chi connectivity index (χ4v) is 2.70. The lowest BCUT2D eigenvalue weighted by molar-refractivity contribution is -0.143. The van der Waals surface area contributed by atoms with Gasteiger partial charge in [0.2, 0.25) is 0 Å². The first-order valence-electron chi connectivity index (χ1n) is 9.74. The Morgan fingerprint density at radius 1 is 0.957 bits per heavy atom. The second-order valence-corrected chi connectivity index (χ2v) is 6.40. The molecule has 0 fully saturated rings. The molecule has 0 radical (unpaired) electrons. The predicted molar refractivity (Wildman–Crippen MR) is 96.6 cm³/mol. The molecule has 0 bridgehead atoms. The summed E-state index contributed by atoms with van der Waals surface area (Å²) in [5.41, 5.74) is 0. The van der Waals surface area contributed by atoms with Crippen molar-refractivity contribution in [1.29, 1.82) is 0 Å². The maximum atomic E-state index is 11.5. The largest absolute Gasteiger partial charge is 0.466 e. The van der Waals surface area contributed by atoms with E-state index in [0.717, 1.165) is 44.9 Å². The Kier molecular flexibility index (Phi) is 17.3. The fraction of sp³-hybridized carbons (Fsp3) is 0.947. The molecule has 0 aromatic carbocycles. The maximum absolute atomic E-state index is 11.5. The lowest BCUT2D eigenvalue weighted by Gasteiger charge is -2.18. The molecule has 0 heterocycles. The summed E-state index contributed by atoms with van der Waals surface area (Å²) in [6.45, 7) is 5.82. The molecule has 4 heteroatoms. The van der Waals surface area contributed by atoms with E-state index >= 15 is 0 Å². The fourth-order valence-electron chi connectivity index (χ4n) is 2.70. The third kappa shape index (κ3) is 16.0. The number of unbranched alkanes of at least 4 members (excludes halogenated alkanes) is 6. The molecule has 23 heavy (non-hydrogen) atoms. The highest BCUT2D eigenvalue weighted by atomic mass is 16.5. The highest BCUT2D eigenvalue weighted by molar-refractivity contribution is 5.69. The monoisotopic (exact) mass is 329 g/mol. The Hall–Kier alpha value is -0.610. The summed E-state index contributed by atoms with van der Waals surface area (Å²) in [5.74, 6) is -0.0412. The second-order valence-electron chi connectivity index (χ2n) is 6.40. The Balaban J connectivity index is 3.57. The molecule has 0 saturated heterocycles. The zero-order valence-corrected chi connectivity index (χ0v) is 15.4. The Morgan fingerprint density at radius 2 is 1.61 bits per heavy atom. The predicted octanol–water partition coefficient (Wildman–Crippen LogP) is 4.20. The van der Waals surface area contributed by atoms with E-state index in [1.165, 1.54) is 25.7 Å². The summed E-state index contributed by atoms with van der Waals surface area (Å²) in [7, 11) is 0. The zero-order valence-electron chi connectivity index (χ0n) is 15.4. The zero-order chi connectivity index (χ0) is 17.2. The minimum Gasteiger partial charge on any atom is -0.466 e. The van der Waals surface area contributed by atoms with Crippen LogP contribution in [0.1, 0.15) is 90.9 Å². The van der Waals surface area contributed by atoms with Gasteiger partial charge in [-0.05, 0) is 25.7 Å². The standard InChI is InChI=1S/C19H39NO3/c1-3-5-8-12-18(20-15-16-21)13-10-7-11-17-23-19(22)14-9-6-4-2/h18,20-21H,3-17H2,1-2H3. The van der Waals surface area contributed by atoms with Crippen molar-refractivity contribution in [2.45, 2.75) is 96.9 Å². The number of esters is 1. The minimum atomic E-state index is -0.0412. The molecule has 0 saturated carbocycles. The molecule has 1 unspecified atom stereocenters. The van der Waals surface area contributed by atoms with Gasteiger partial charge in [0.1, 0.15) is 0 Å². The van der Waals surface area contributed by atoms with E-state index < -0.39 is 0 Å². The molecule has 0 aliphatic rings. The Bertz CT molecular complexity index is 259. The first-order chi connectivity index (χ1) is 11.2. The quantitative estimate of drug-likeness (QED) is 0.310. The summed E-state index contributed by atoms with van der Waals surface area (Å²) in [6, 6.07) is 0.519. The van der Waals surface area contributed by atoms with Crippen molar-refractivity contribution >= 4 is 5.97 Å². The molecule has 0 aliphatic heterocycles. The van der Waals surface area contributed by atoms with Gasteiger partial charge >= 0.3 is 5.97 Å². The van der Waals surface area contributed by atoms with Crippen molar-refractivity contribution in [3.05, 3.63) is 0 Å². The summed E-state index contributed by atoms with van der Waals surface area (Å²) in [6.07, 6.45) is 13.1. The van der Waals surface area contributed by atoms with Crippen LogP contribution < -0.4 is 5.32 Å². The van der Waals surface area contributed by atoms with Gasteiger partial charge in [0.25, 0.3) is 0 Å². The number of nitrogens with one attached hydrogen (secondary N) is 1. The summed E-state index contributed by atoms with van der Waals surface area (Å²) < 4.78 is 5.25. The first kappa shape index (κ1) is 22.4. The Labute approximate surface area is 143 Å². The molecule has 0 rings (SSSR count). The Morgan fingerprint density at radius 3 is 2.26 bits per heavy atom. The van der Waals surface area contributed by atoms with Crippen LogP contribution in [-0.2, 0) is 9.53 Å². The maximum Gasteiger partial charge on any atom is 0.305 e.